The predicted molar refractivity (Wildman–Crippen MR) is 125 cm³/mol. The number of carbonyl (C=O) groups is 3. The van der Waals surface area contributed by atoms with Crippen LogP contribution in [0.1, 0.15) is 66.4 Å². The van der Waals surface area contributed by atoms with E-state index in [1.54, 1.807) is 26.8 Å². The molecule has 3 heterocycles. The Bertz CT molecular complexity index is 1150. The fourth-order valence-electron chi connectivity index (χ4n) is 7.74. The van der Waals surface area contributed by atoms with Gasteiger partial charge in [0.15, 0.2) is 5.41 Å². The van der Waals surface area contributed by atoms with Gasteiger partial charge in [0.1, 0.15) is 0 Å². The average molecular weight is 469 g/mol. The van der Waals surface area contributed by atoms with Crippen LogP contribution in [0.2, 0.25) is 0 Å². The average Bonchev–Trinajstić information content (AvgIpc) is 2.90. The van der Waals surface area contributed by atoms with E-state index in [0.29, 0.717) is 5.56 Å². The number of rotatable bonds is 1. The molecule has 3 fully saturated rings. The number of non-ortho nitro benzene ring substituents is 1. The predicted octanol–water partition coefficient (Wildman–Crippen LogP) is 3.79. The number of nitrogens with one attached hydrogen (secondary N) is 1. The van der Waals surface area contributed by atoms with Crippen molar-refractivity contribution < 1.29 is 19.3 Å². The minimum Gasteiger partial charge on any atom is -0.363 e. The van der Waals surface area contributed by atoms with Gasteiger partial charge in [-0.3, -0.25) is 29.9 Å². The number of hydrogen-bond donors (Lipinski definition) is 1. The number of nitro groups is 1. The molecule has 0 aromatic heterocycles. The van der Waals surface area contributed by atoms with Crippen molar-refractivity contribution in [2.24, 2.45) is 16.2 Å². The Morgan fingerprint density at radius 2 is 1.79 bits per heavy atom. The summed E-state index contributed by atoms with van der Waals surface area (Å²) in [4.78, 5) is 55.4. The van der Waals surface area contributed by atoms with Crippen LogP contribution in [-0.4, -0.2) is 45.3 Å². The number of barbiturate groups is 1. The van der Waals surface area contributed by atoms with Crippen molar-refractivity contribution in [1.29, 1.82) is 0 Å². The number of anilines is 1. The lowest BCUT2D eigenvalue weighted by molar-refractivity contribution is -0.384. The first kappa shape index (κ1) is 22.8. The highest BCUT2D eigenvalue weighted by molar-refractivity contribution is 6.21. The fraction of sp³-hybridized carbons (Fsp3) is 0.640. The first-order valence-electron chi connectivity index (χ1n) is 11.9. The lowest BCUT2D eigenvalue weighted by Crippen LogP contribution is -2.75. The maximum Gasteiger partial charge on any atom is 0.331 e. The van der Waals surface area contributed by atoms with Crippen LogP contribution in [0.5, 0.6) is 0 Å². The molecule has 0 radical (unpaired) electrons. The number of amides is 4. The van der Waals surface area contributed by atoms with Crippen molar-refractivity contribution in [2.75, 3.05) is 4.90 Å². The third-order valence-electron chi connectivity index (χ3n) is 8.28. The van der Waals surface area contributed by atoms with Crippen LogP contribution in [0.25, 0.3) is 0 Å². The molecule has 1 aromatic carbocycles. The summed E-state index contributed by atoms with van der Waals surface area (Å²) >= 11 is 0. The third kappa shape index (κ3) is 2.88. The van der Waals surface area contributed by atoms with Gasteiger partial charge >= 0.3 is 6.03 Å². The van der Waals surface area contributed by atoms with Crippen molar-refractivity contribution in [3.05, 3.63) is 33.9 Å². The van der Waals surface area contributed by atoms with Gasteiger partial charge in [0.25, 0.3) is 5.69 Å². The van der Waals surface area contributed by atoms with E-state index in [4.69, 9.17) is 0 Å². The molecule has 182 valence electrons. The molecular formula is C25H32N4O5. The smallest absolute Gasteiger partial charge is 0.331 e. The number of carbonyl (C=O) groups excluding carboxylic acids is 3. The normalized spacial score (nSPS) is 34.1. The van der Waals surface area contributed by atoms with Gasteiger partial charge in [-0.25, -0.2) is 4.79 Å². The topological polar surface area (TPSA) is 113 Å². The lowest BCUT2D eigenvalue weighted by atomic mass is 9.56. The van der Waals surface area contributed by atoms with Gasteiger partial charge in [-0.15, -0.1) is 0 Å². The molecule has 9 heteroatoms. The highest BCUT2D eigenvalue weighted by Gasteiger charge is 2.71. The van der Waals surface area contributed by atoms with Crippen LogP contribution in [0.3, 0.4) is 0 Å². The van der Waals surface area contributed by atoms with Crippen molar-refractivity contribution in [3.63, 3.8) is 0 Å². The quantitative estimate of drug-likeness (QED) is 0.381. The SMILES string of the molecule is CC1(C)C[C@H]2C[C@@](C)(C1)[C@@H]1N2c2ccc([N+](=O)[O-])cc2C[C@]12C(=O)NC(=O)N(C(C)(C)C)C2=O. The Morgan fingerprint density at radius 1 is 1.12 bits per heavy atom. The monoisotopic (exact) mass is 468 g/mol. The van der Waals surface area contributed by atoms with Crippen LogP contribution >= 0.6 is 0 Å². The summed E-state index contributed by atoms with van der Waals surface area (Å²) < 4.78 is 0. The summed E-state index contributed by atoms with van der Waals surface area (Å²) in [6, 6.07) is 3.68. The first-order chi connectivity index (χ1) is 15.6. The zero-order valence-electron chi connectivity index (χ0n) is 20.6. The van der Waals surface area contributed by atoms with Gasteiger partial charge < -0.3 is 4.90 Å². The molecule has 1 saturated carbocycles. The van der Waals surface area contributed by atoms with Crippen molar-refractivity contribution in [1.82, 2.24) is 10.2 Å². The largest absolute Gasteiger partial charge is 0.363 e. The van der Waals surface area contributed by atoms with Gasteiger partial charge in [0.2, 0.25) is 11.8 Å². The Balaban J connectivity index is 1.78. The number of benzene rings is 1. The summed E-state index contributed by atoms with van der Waals surface area (Å²) in [7, 11) is 0. The highest BCUT2D eigenvalue weighted by Crippen LogP contribution is 2.64. The maximum absolute atomic E-state index is 14.3. The Kier molecular flexibility index (Phi) is 4.41. The van der Waals surface area contributed by atoms with E-state index in [-0.39, 0.29) is 29.0 Å². The van der Waals surface area contributed by atoms with Crippen molar-refractivity contribution in [3.8, 4) is 0 Å². The molecule has 4 atom stereocenters. The number of fused-ring (bicyclic) bond motifs is 8. The second-order valence-corrected chi connectivity index (χ2v) is 12.7. The third-order valence-corrected chi connectivity index (χ3v) is 8.28. The van der Waals surface area contributed by atoms with E-state index in [0.717, 1.165) is 24.9 Å². The zero-order valence-corrected chi connectivity index (χ0v) is 20.6. The molecular weight excluding hydrogens is 436 g/mol. The Hall–Kier alpha value is -2.97. The van der Waals surface area contributed by atoms with Gasteiger partial charge in [0, 0.05) is 35.8 Å². The fourth-order valence-corrected chi connectivity index (χ4v) is 7.74. The number of hydrogen-bond acceptors (Lipinski definition) is 6. The molecule has 4 amide bonds. The molecule has 2 saturated heterocycles. The summed E-state index contributed by atoms with van der Waals surface area (Å²) in [5.74, 6) is -1.10. The molecule has 0 unspecified atom stereocenters. The highest BCUT2D eigenvalue weighted by atomic mass is 16.6. The van der Waals surface area contributed by atoms with Gasteiger partial charge in [-0.1, -0.05) is 20.8 Å². The van der Waals surface area contributed by atoms with E-state index >= 15 is 0 Å². The summed E-state index contributed by atoms with van der Waals surface area (Å²) in [6.07, 6.45) is 2.58. The van der Waals surface area contributed by atoms with E-state index < -0.39 is 39.8 Å². The Labute approximate surface area is 199 Å². The molecule has 5 rings (SSSR count). The van der Waals surface area contributed by atoms with E-state index in [2.05, 4.69) is 31.0 Å². The van der Waals surface area contributed by atoms with E-state index in [1.807, 2.05) is 0 Å². The Morgan fingerprint density at radius 3 is 2.41 bits per heavy atom. The molecule has 2 bridgehead atoms. The number of nitrogens with zero attached hydrogens (tertiary/aromatic N) is 3. The summed E-state index contributed by atoms with van der Waals surface area (Å²) in [5, 5.41) is 14.0. The van der Waals surface area contributed by atoms with Crippen molar-refractivity contribution >= 4 is 29.2 Å². The van der Waals surface area contributed by atoms with Crippen LogP contribution in [-0.2, 0) is 16.0 Å². The molecule has 4 aliphatic rings. The minimum absolute atomic E-state index is 0.00482. The first-order valence-corrected chi connectivity index (χ1v) is 11.9. The van der Waals surface area contributed by atoms with Crippen LogP contribution in [0.15, 0.2) is 18.2 Å². The van der Waals surface area contributed by atoms with E-state index in [1.165, 1.54) is 17.0 Å². The minimum atomic E-state index is -1.55. The summed E-state index contributed by atoms with van der Waals surface area (Å²) in [5.41, 5.74) is -1.34. The number of nitro benzene ring substituents is 1. The maximum atomic E-state index is 14.3. The number of urea groups is 1. The summed E-state index contributed by atoms with van der Waals surface area (Å²) in [6.45, 7) is 11.9. The molecule has 1 aromatic rings. The van der Waals surface area contributed by atoms with Crippen molar-refractivity contribution in [2.45, 2.75) is 84.8 Å². The van der Waals surface area contributed by atoms with Crippen LogP contribution in [0.4, 0.5) is 16.2 Å². The molecule has 3 aliphatic heterocycles. The van der Waals surface area contributed by atoms with Gasteiger partial charge in [0.05, 0.1) is 11.0 Å². The number of imide groups is 2. The van der Waals surface area contributed by atoms with E-state index in [9.17, 15) is 24.5 Å². The molecule has 34 heavy (non-hydrogen) atoms. The zero-order chi connectivity index (χ0) is 25.0. The molecule has 9 nitrogen and oxygen atoms in total. The second kappa shape index (κ2) is 6.58. The molecule has 1 spiro atoms. The lowest BCUT2D eigenvalue weighted by Gasteiger charge is -2.55. The van der Waals surface area contributed by atoms with Gasteiger partial charge in [-0.2, -0.15) is 0 Å². The molecule has 1 N–H and O–H groups in total. The van der Waals surface area contributed by atoms with Crippen LogP contribution < -0.4 is 10.2 Å². The van der Waals surface area contributed by atoms with Crippen LogP contribution in [0, 0.1) is 26.4 Å². The second-order valence-electron chi connectivity index (χ2n) is 12.7. The van der Waals surface area contributed by atoms with Gasteiger partial charge in [-0.05, 0) is 62.5 Å². The molecule has 1 aliphatic carbocycles. The standard InChI is InChI=1S/C25H32N4O5/c1-22(2,3)28-20(31)25(19(30)26-21(28)32)10-14-9-15(29(33)34)7-8-17(14)27-16-11-23(4,5)13-24(6,12-16)18(25)27/h7-9,16,18H,10-13H2,1-6H3,(H,26,30,32)/t16-,18-,24-,25+/m0/s1.